The van der Waals surface area contributed by atoms with Crippen LogP contribution < -0.4 is 10.1 Å². The highest BCUT2D eigenvalue weighted by molar-refractivity contribution is 6.31. The standard InChI is InChI=1S/C23H19ClF2N2O3/c1-28(13-16-17(24)8-6-10-18(16)25)23(30)15-7-2-5-12-21(15)31-14-22(29)27-20-11-4-3-9-19(20)26/h2-12H,13-14H2,1H3,(H,27,29). The van der Waals surface area contributed by atoms with Crippen molar-refractivity contribution in [1.29, 1.82) is 0 Å². The Labute approximate surface area is 183 Å². The number of carbonyl (C=O) groups is 2. The van der Waals surface area contributed by atoms with E-state index in [9.17, 15) is 18.4 Å². The molecule has 2 amide bonds. The lowest BCUT2D eigenvalue weighted by Crippen LogP contribution is -2.28. The molecule has 0 unspecified atom stereocenters. The van der Waals surface area contributed by atoms with Gasteiger partial charge < -0.3 is 15.0 Å². The highest BCUT2D eigenvalue weighted by Crippen LogP contribution is 2.24. The van der Waals surface area contributed by atoms with Gasteiger partial charge >= 0.3 is 0 Å². The van der Waals surface area contributed by atoms with E-state index in [0.717, 1.165) is 0 Å². The van der Waals surface area contributed by atoms with E-state index < -0.39 is 30.1 Å². The van der Waals surface area contributed by atoms with Gasteiger partial charge in [0.1, 0.15) is 17.4 Å². The first-order valence-corrected chi connectivity index (χ1v) is 9.69. The molecule has 31 heavy (non-hydrogen) atoms. The number of hydrogen-bond acceptors (Lipinski definition) is 3. The Bertz CT molecular complexity index is 1090. The Hall–Kier alpha value is -3.45. The Balaban J connectivity index is 1.68. The van der Waals surface area contributed by atoms with Gasteiger partial charge in [0.2, 0.25) is 0 Å². The second kappa shape index (κ2) is 10.0. The van der Waals surface area contributed by atoms with Crippen LogP contribution in [0, 0.1) is 11.6 Å². The lowest BCUT2D eigenvalue weighted by atomic mass is 10.1. The molecule has 3 rings (SSSR count). The highest BCUT2D eigenvalue weighted by atomic mass is 35.5. The van der Waals surface area contributed by atoms with Crippen LogP contribution in [0.3, 0.4) is 0 Å². The molecule has 160 valence electrons. The number of ether oxygens (including phenoxy) is 1. The van der Waals surface area contributed by atoms with Crippen LogP contribution in [-0.4, -0.2) is 30.4 Å². The van der Waals surface area contributed by atoms with Crippen LogP contribution in [0.2, 0.25) is 5.02 Å². The summed E-state index contributed by atoms with van der Waals surface area (Å²) in [7, 11) is 1.51. The molecule has 0 spiro atoms. The summed E-state index contributed by atoms with van der Waals surface area (Å²) in [5.74, 6) is -1.94. The number of rotatable bonds is 7. The number of nitrogens with zero attached hydrogens (tertiary/aromatic N) is 1. The van der Waals surface area contributed by atoms with Gasteiger partial charge in [-0.3, -0.25) is 9.59 Å². The molecule has 0 aliphatic rings. The molecule has 0 heterocycles. The van der Waals surface area contributed by atoms with Crippen molar-refractivity contribution in [2.75, 3.05) is 19.0 Å². The number of hydrogen-bond donors (Lipinski definition) is 1. The van der Waals surface area contributed by atoms with Crippen LogP contribution in [0.1, 0.15) is 15.9 Å². The largest absolute Gasteiger partial charge is 0.483 e. The Morgan fingerprint density at radius 1 is 0.968 bits per heavy atom. The van der Waals surface area contributed by atoms with Crippen molar-refractivity contribution in [3.63, 3.8) is 0 Å². The fourth-order valence-electron chi connectivity index (χ4n) is 2.86. The molecule has 8 heteroatoms. The highest BCUT2D eigenvalue weighted by Gasteiger charge is 2.20. The molecule has 0 radical (unpaired) electrons. The monoisotopic (exact) mass is 444 g/mol. The topological polar surface area (TPSA) is 58.6 Å². The average molecular weight is 445 g/mol. The summed E-state index contributed by atoms with van der Waals surface area (Å²) in [6.07, 6.45) is 0. The van der Waals surface area contributed by atoms with Crippen molar-refractivity contribution in [3.8, 4) is 5.75 Å². The third-order valence-corrected chi connectivity index (χ3v) is 4.78. The zero-order valence-electron chi connectivity index (χ0n) is 16.6. The molecule has 0 atom stereocenters. The maximum Gasteiger partial charge on any atom is 0.262 e. The summed E-state index contributed by atoms with van der Waals surface area (Å²) in [5, 5.41) is 2.62. The number of carbonyl (C=O) groups excluding carboxylic acids is 2. The number of para-hydroxylation sites is 2. The van der Waals surface area contributed by atoms with Gasteiger partial charge in [0.05, 0.1) is 11.3 Å². The number of halogens is 3. The third kappa shape index (κ3) is 5.58. The van der Waals surface area contributed by atoms with Crippen molar-refractivity contribution in [1.82, 2.24) is 4.90 Å². The summed E-state index contributed by atoms with van der Waals surface area (Å²) in [5.41, 5.74) is 0.417. The lowest BCUT2D eigenvalue weighted by molar-refractivity contribution is -0.118. The first-order chi connectivity index (χ1) is 14.9. The molecule has 3 aromatic carbocycles. The zero-order valence-corrected chi connectivity index (χ0v) is 17.3. The van der Waals surface area contributed by atoms with E-state index in [4.69, 9.17) is 16.3 Å². The molecule has 0 saturated carbocycles. The Morgan fingerprint density at radius 2 is 1.65 bits per heavy atom. The van der Waals surface area contributed by atoms with E-state index >= 15 is 0 Å². The van der Waals surface area contributed by atoms with Crippen LogP contribution in [0.4, 0.5) is 14.5 Å². The molecule has 0 bridgehead atoms. The molecule has 0 aliphatic heterocycles. The lowest BCUT2D eigenvalue weighted by Gasteiger charge is -2.20. The fourth-order valence-corrected chi connectivity index (χ4v) is 3.08. The SMILES string of the molecule is CN(Cc1c(F)cccc1Cl)C(=O)c1ccccc1OCC(=O)Nc1ccccc1F. The van der Waals surface area contributed by atoms with Gasteiger partial charge in [-0.15, -0.1) is 0 Å². The van der Waals surface area contributed by atoms with Crippen LogP contribution >= 0.6 is 11.6 Å². The number of nitrogens with one attached hydrogen (secondary N) is 1. The van der Waals surface area contributed by atoms with Crippen molar-refractivity contribution in [3.05, 3.63) is 94.5 Å². The van der Waals surface area contributed by atoms with Gasteiger partial charge in [0, 0.05) is 24.2 Å². The molecule has 3 aromatic rings. The molecule has 0 aliphatic carbocycles. The predicted molar refractivity (Wildman–Crippen MR) is 114 cm³/mol. The first kappa shape index (κ1) is 22.2. The van der Waals surface area contributed by atoms with E-state index in [1.165, 1.54) is 54.4 Å². The van der Waals surface area contributed by atoms with E-state index in [1.54, 1.807) is 24.3 Å². The molecule has 0 aromatic heterocycles. The third-order valence-electron chi connectivity index (χ3n) is 4.43. The van der Waals surface area contributed by atoms with Crippen molar-refractivity contribution in [2.24, 2.45) is 0 Å². The second-order valence-corrected chi connectivity index (χ2v) is 7.08. The summed E-state index contributed by atoms with van der Waals surface area (Å²) in [4.78, 5) is 26.3. The van der Waals surface area contributed by atoms with E-state index in [2.05, 4.69) is 5.32 Å². The Morgan fingerprint density at radius 3 is 2.39 bits per heavy atom. The minimum atomic E-state index is -0.584. The summed E-state index contributed by atoms with van der Waals surface area (Å²) in [6.45, 7) is -0.478. The average Bonchev–Trinajstić information content (AvgIpc) is 2.76. The molecule has 0 fully saturated rings. The van der Waals surface area contributed by atoms with Gasteiger partial charge in [0.15, 0.2) is 6.61 Å². The minimum Gasteiger partial charge on any atom is -0.483 e. The molecule has 0 saturated heterocycles. The quantitative estimate of drug-likeness (QED) is 0.563. The van der Waals surface area contributed by atoms with Gasteiger partial charge in [-0.05, 0) is 36.4 Å². The number of benzene rings is 3. The first-order valence-electron chi connectivity index (χ1n) is 9.31. The van der Waals surface area contributed by atoms with Gasteiger partial charge in [0.25, 0.3) is 11.8 Å². The van der Waals surface area contributed by atoms with Gasteiger partial charge in [-0.1, -0.05) is 41.9 Å². The smallest absolute Gasteiger partial charge is 0.262 e. The molecule has 1 N–H and O–H groups in total. The maximum atomic E-state index is 14.1. The maximum absolute atomic E-state index is 14.1. The summed E-state index contributed by atoms with van der Waals surface area (Å²) in [6, 6.07) is 16.4. The van der Waals surface area contributed by atoms with E-state index in [1.807, 2.05) is 0 Å². The van der Waals surface area contributed by atoms with Crippen molar-refractivity contribution < 1.29 is 23.1 Å². The second-order valence-electron chi connectivity index (χ2n) is 6.67. The molecular formula is C23H19ClF2N2O3. The Kier molecular flexibility index (Phi) is 7.20. The zero-order chi connectivity index (χ0) is 22.4. The summed E-state index contributed by atoms with van der Waals surface area (Å²) >= 11 is 6.04. The van der Waals surface area contributed by atoms with E-state index in [-0.39, 0.29) is 34.1 Å². The number of amides is 2. The predicted octanol–water partition coefficient (Wildman–Crippen LogP) is 4.91. The van der Waals surface area contributed by atoms with Gasteiger partial charge in [-0.2, -0.15) is 0 Å². The fraction of sp³-hybridized carbons (Fsp3) is 0.130. The normalized spacial score (nSPS) is 10.5. The van der Waals surface area contributed by atoms with Gasteiger partial charge in [-0.25, -0.2) is 8.78 Å². The molecule has 5 nitrogen and oxygen atoms in total. The van der Waals surface area contributed by atoms with E-state index in [0.29, 0.717) is 0 Å². The van der Waals surface area contributed by atoms with Crippen molar-refractivity contribution in [2.45, 2.75) is 6.54 Å². The van der Waals surface area contributed by atoms with Crippen LogP contribution in [0.15, 0.2) is 66.7 Å². The summed E-state index contributed by atoms with van der Waals surface area (Å²) < 4.78 is 33.2. The van der Waals surface area contributed by atoms with Crippen LogP contribution in [-0.2, 0) is 11.3 Å². The minimum absolute atomic E-state index is 0.0296. The van der Waals surface area contributed by atoms with Crippen LogP contribution in [0.25, 0.3) is 0 Å². The van der Waals surface area contributed by atoms with Crippen LogP contribution in [0.5, 0.6) is 5.75 Å². The van der Waals surface area contributed by atoms with Crippen molar-refractivity contribution >= 4 is 29.1 Å². The molecular weight excluding hydrogens is 426 g/mol. The number of anilines is 1.